The van der Waals surface area contributed by atoms with Gasteiger partial charge in [0, 0.05) is 22.3 Å². The quantitative estimate of drug-likeness (QED) is 0.121. The fraction of sp³-hybridized carbons (Fsp3) is 0.500. The Balaban J connectivity index is -0.0000000828. The van der Waals surface area contributed by atoms with Crippen molar-refractivity contribution >= 4 is 23.9 Å². The van der Waals surface area contributed by atoms with E-state index >= 15 is 0 Å². The summed E-state index contributed by atoms with van der Waals surface area (Å²) >= 11 is 0. The van der Waals surface area contributed by atoms with Crippen LogP contribution in [0.3, 0.4) is 0 Å². The van der Waals surface area contributed by atoms with Gasteiger partial charge in [-0.3, -0.25) is 0 Å². The number of aliphatic carboxylic acids is 4. The predicted molar refractivity (Wildman–Crippen MR) is 140 cm³/mol. The van der Waals surface area contributed by atoms with Crippen molar-refractivity contribution in [1.29, 1.82) is 0 Å². The summed E-state index contributed by atoms with van der Waals surface area (Å²) in [5.41, 5.74) is 0.704. The van der Waals surface area contributed by atoms with Gasteiger partial charge in [-0.1, -0.05) is 26.3 Å². The van der Waals surface area contributed by atoms with Gasteiger partial charge >= 0.3 is 23.9 Å². The molecule has 0 aromatic rings. The zero-order valence-electron chi connectivity index (χ0n) is 22.5. The van der Waals surface area contributed by atoms with Crippen LogP contribution in [0.4, 0.5) is 0 Å². The Morgan fingerprint density at radius 3 is 0.684 bits per heavy atom. The third kappa shape index (κ3) is 76.7. The van der Waals surface area contributed by atoms with Crippen LogP contribution < -0.4 is 0 Å². The van der Waals surface area contributed by atoms with Gasteiger partial charge in [-0.2, -0.15) is 0 Å². The van der Waals surface area contributed by atoms with Gasteiger partial charge < -0.3 is 50.3 Å². The molecule has 0 unspecified atom stereocenters. The summed E-state index contributed by atoms with van der Waals surface area (Å²) < 4.78 is 9.75. The van der Waals surface area contributed by atoms with Crippen LogP contribution in [0.15, 0.2) is 48.6 Å². The van der Waals surface area contributed by atoms with Gasteiger partial charge in [-0.15, -0.1) is 0 Å². The molecule has 0 bridgehead atoms. The van der Waals surface area contributed by atoms with Crippen LogP contribution in [-0.4, -0.2) is 118 Å². The van der Waals surface area contributed by atoms with E-state index in [1.165, 1.54) is 27.7 Å². The Morgan fingerprint density at radius 2 is 0.605 bits per heavy atom. The van der Waals surface area contributed by atoms with Gasteiger partial charge in [-0.25, -0.2) is 19.2 Å². The first kappa shape index (κ1) is 47.8. The lowest BCUT2D eigenvalue weighted by atomic mass is 10.4. The zero-order valence-corrected chi connectivity index (χ0v) is 22.5. The zero-order chi connectivity index (χ0) is 31.7. The fourth-order valence-electron chi connectivity index (χ4n) is 0.451. The summed E-state index contributed by atoms with van der Waals surface area (Å²) in [6, 6.07) is 0. The number of aliphatic hydroxyl groups excluding tert-OH is 4. The summed E-state index contributed by atoms with van der Waals surface area (Å²) in [6.07, 6.45) is 0. The molecule has 0 heterocycles. The molecule has 0 aliphatic heterocycles. The van der Waals surface area contributed by atoms with Gasteiger partial charge in [-0.05, 0) is 27.7 Å². The lowest BCUT2D eigenvalue weighted by Gasteiger charge is -2.01. The van der Waals surface area contributed by atoms with Crippen LogP contribution in [0.2, 0.25) is 0 Å². The van der Waals surface area contributed by atoms with Gasteiger partial charge in [0.2, 0.25) is 0 Å². The van der Waals surface area contributed by atoms with E-state index in [1.807, 2.05) is 0 Å². The van der Waals surface area contributed by atoms with E-state index in [1.54, 1.807) is 0 Å². The number of hydrogen-bond acceptors (Lipinski definition) is 10. The molecular weight excluding hydrogens is 512 g/mol. The number of carbonyl (C=O) groups is 4. The highest BCUT2D eigenvalue weighted by atomic mass is 16.5. The van der Waals surface area contributed by atoms with E-state index in [-0.39, 0.29) is 48.7 Å². The number of aliphatic hydroxyl groups is 4. The fourth-order valence-corrected chi connectivity index (χ4v) is 0.451. The summed E-state index contributed by atoms with van der Waals surface area (Å²) in [4.78, 5) is 38.4. The van der Waals surface area contributed by atoms with Crippen molar-refractivity contribution in [2.45, 2.75) is 27.7 Å². The van der Waals surface area contributed by atoms with Crippen LogP contribution >= 0.6 is 0 Å². The topological polar surface area (TPSA) is 249 Å². The SMILES string of the molecule is C=C(C)C(=O)O.C=C(C)C(=O)O.C=C(C)C(=O)O.C=C(C)C(=O)O.OCCO.OCCOCCOCCO. The van der Waals surface area contributed by atoms with Crippen molar-refractivity contribution in [3.8, 4) is 0 Å². The van der Waals surface area contributed by atoms with Crippen LogP contribution in [0, 0.1) is 0 Å². The number of rotatable bonds is 12. The Bertz CT molecular complexity index is 530. The van der Waals surface area contributed by atoms with Crippen molar-refractivity contribution in [2.75, 3.05) is 52.9 Å². The van der Waals surface area contributed by atoms with Crippen molar-refractivity contribution in [1.82, 2.24) is 0 Å². The maximum Gasteiger partial charge on any atom is 0.330 e. The highest BCUT2D eigenvalue weighted by Crippen LogP contribution is 1.82. The van der Waals surface area contributed by atoms with E-state index in [0.717, 1.165) is 0 Å². The minimum absolute atomic E-state index is 0.0417. The monoisotopic (exact) mass is 556 g/mol. The molecule has 0 radical (unpaired) electrons. The van der Waals surface area contributed by atoms with Crippen LogP contribution in [-0.2, 0) is 28.7 Å². The normalized spacial score (nSPS) is 8.21. The van der Waals surface area contributed by atoms with E-state index in [2.05, 4.69) is 26.3 Å². The average Bonchev–Trinajstić information content (AvgIpc) is 2.82. The van der Waals surface area contributed by atoms with E-state index < -0.39 is 23.9 Å². The third-order valence-electron chi connectivity index (χ3n) is 2.40. The molecule has 0 aromatic carbocycles. The maximum atomic E-state index is 9.60. The molecule has 0 aromatic heterocycles. The van der Waals surface area contributed by atoms with Crippen molar-refractivity contribution in [3.63, 3.8) is 0 Å². The lowest BCUT2D eigenvalue weighted by Crippen LogP contribution is -2.09. The Hall–Kier alpha value is -3.40. The summed E-state index contributed by atoms with van der Waals surface area (Å²) in [7, 11) is 0. The lowest BCUT2D eigenvalue weighted by molar-refractivity contribution is -0.133. The van der Waals surface area contributed by atoms with Crippen molar-refractivity contribution < 1.29 is 69.5 Å². The molecule has 224 valence electrons. The minimum Gasteiger partial charge on any atom is -0.478 e. The molecule has 8 N–H and O–H groups in total. The Morgan fingerprint density at radius 1 is 0.447 bits per heavy atom. The first-order valence-electron chi connectivity index (χ1n) is 10.5. The third-order valence-corrected chi connectivity index (χ3v) is 2.40. The molecular formula is C24H44O14. The van der Waals surface area contributed by atoms with Gasteiger partial charge in [0.25, 0.3) is 0 Å². The van der Waals surface area contributed by atoms with E-state index in [9.17, 15) is 19.2 Å². The Kier molecular flexibility index (Phi) is 47.9. The smallest absolute Gasteiger partial charge is 0.330 e. The molecule has 38 heavy (non-hydrogen) atoms. The molecule has 0 amide bonds. The number of hydrogen-bond donors (Lipinski definition) is 8. The van der Waals surface area contributed by atoms with Crippen molar-refractivity contribution in [3.05, 3.63) is 48.6 Å². The van der Waals surface area contributed by atoms with Gasteiger partial charge in [0.1, 0.15) is 0 Å². The van der Waals surface area contributed by atoms with Crippen LogP contribution in [0.1, 0.15) is 27.7 Å². The Labute approximate surface area is 223 Å². The second-order valence-corrected chi connectivity index (χ2v) is 6.46. The highest BCUT2D eigenvalue weighted by molar-refractivity contribution is 5.85. The first-order chi connectivity index (χ1) is 17.4. The summed E-state index contributed by atoms with van der Waals surface area (Å²) in [5.74, 6) is -3.74. The second kappa shape index (κ2) is 38.1. The number of carboxylic acids is 4. The average molecular weight is 557 g/mol. The molecule has 0 saturated heterocycles. The molecule has 0 saturated carbocycles. The minimum atomic E-state index is -0.935. The summed E-state index contributed by atoms with van der Waals surface area (Å²) in [5, 5.41) is 63.3. The molecule has 0 atom stereocenters. The molecule has 14 nitrogen and oxygen atoms in total. The van der Waals surface area contributed by atoms with E-state index in [0.29, 0.717) is 26.4 Å². The second-order valence-electron chi connectivity index (χ2n) is 6.46. The molecule has 0 spiro atoms. The predicted octanol–water partition coefficient (Wildman–Crippen LogP) is 0.564. The highest BCUT2D eigenvalue weighted by Gasteiger charge is 1.92. The molecule has 0 aliphatic rings. The largest absolute Gasteiger partial charge is 0.478 e. The maximum absolute atomic E-state index is 9.60. The van der Waals surface area contributed by atoms with Crippen molar-refractivity contribution in [2.24, 2.45) is 0 Å². The number of ether oxygens (including phenoxy) is 2. The van der Waals surface area contributed by atoms with Crippen LogP contribution in [0.25, 0.3) is 0 Å². The molecule has 0 fully saturated rings. The molecule has 0 rings (SSSR count). The first-order valence-corrected chi connectivity index (χ1v) is 10.5. The standard InChI is InChI=1S/C6H14O4.4C4H6O2.C2H6O2/c7-1-3-9-5-6-10-4-2-8;4*1-3(2)4(5)6;3-1-2-4/h7-8H,1-6H2;4*1H2,2H3,(H,5,6);3-4H,1-2H2. The van der Waals surface area contributed by atoms with E-state index in [4.69, 9.17) is 50.3 Å². The molecule has 14 heteroatoms. The van der Waals surface area contributed by atoms with Gasteiger partial charge in [0.05, 0.1) is 52.9 Å². The molecule has 0 aliphatic carbocycles. The van der Waals surface area contributed by atoms with Crippen LogP contribution in [0.5, 0.6) is 0 Å². The summed E-state index contributed by atoms with van der Waals surface area (Å²) in [6.45, 7) is 19.9. The van der Waals surface area contributed by atoms with Gasteiger partial charge in [0.15, 0.2) is 0 Å². The number of carboxylic acid groups (broad SMARTS) is 4.